The molecular formula is C19H17N3. The van der Waals surface area contributed by atoms with Crippen LogP contribution in [0.5, 0.6) is 0 Å². The van der Waals surface area contributed by atoms with Gasteiger partial charge >= 0.3 is 0 Å². The summed E-state index contributed by atoms with van der Waals surface area (Å²) in [5, 5.41) is 5.77. The van der Waals surface area contributed by atoms with E-state index in [0.717, 1.165) is 23.5 Å². The lowest BCUT2D eigenvalue weighted by atomic mass is 10.0. The molecule has 0 radical (unpaired) electrons. The first-order chi connectivity index (χ1) is 10.9. The topological polar surface area (TPSA) is 29.9 Å². The van der Waals surface area contributed by atoms with Crippen LogP contribution in [-0.2, 0) is 6.54 Å². The maximum Gasteiger partial charge on any atom is 0.203 e. The average molecular weight is 287 g/mol. The summed E-state index contributed by atoms with van der Waals surface area (Å²) in [4.78, 5) is 4.66. The first kappa shape index (κ1) is 12.9. The summed E-state index contributed by atoms with van der Waals surface area (Å²) in [5.41, 5.74) is 3.48. The smallest absolute Gasteiger partial charge is 0.203 e. The Labute approximate surface area is 129 Å². The van der Waals surface area contributed by atoms with Gasteiger partial charge in [-0.3, -0.25) is 0 Å². The molecule has 3 heteroatoms. The number of nitrogens with one attached hydrogen (secondary N) is 1. The molecule has 1 heterocycles. The lowest BCUT2D eigenvalue weighted by Gasteiger charge is -2.11. The maximum absolute atomic E-state index is 4.66. The van der Waals surface area contributed by atoms with Gasteiger partial charge in [-0.1, -0.05) is 54.6 Å². The van der Waals surface area contributed by atoms with Crippen molar-refractivity contribution < 1.29 is 0 Å². The Kier molecular flexibility index (Phi) is 3.04. The third-order valence-electron chi connectivity index (χ3n) is 4.09. The summed E-state index contributed by atoms with van der Waals surface area (Å²) in [6.07, 6.45) is 0. The van der Waals surface area contributed by atoms with E-state index >= 15 is 0 Å². The largest absolute Gasteiger partial charge is 0.359 e. The van der Waals surface area contributed by atoms with Crippen molar-refractivity contribution in [2.75, 3.05) is 12.4 Å². The van der Waals surface area contributed by atoms with Crippen molar-refractivity contribution in [3.05, 3.63) is 72.3 Å². The second-order valence-electron chi connectivity index (χ2n) is 5.40. The zero-order chi connectivity index (χ0) is 14.9. The second-order valence-corrected chi connectivity index (χ2v) is 5.40. The number of anilines is 1. The van der Waals surface area contributed by atoms with Crippen molar-refractivity contribution in [2.24, 2.45) is 0 Å². The van der Waals surface area contributed by atoms with Gasteiger partial charge in [0.1, 0.15) is 0 Å². The summed E-state index contributed by atoms with van der Waals surface area (Å²) < 4.78 is 2.23. The van der Waals surface area contributed by atoms with Crippen LogP contribution in [0, 0.1) is 0 Å². The van der Waals surface area contributed by atoms with E-state index in [0.29, 0.717) is 0 Å². The Balaban J connectivity index is 1.89. The first-order valence-corrected chi connectivity index (χ1v) is 7.46. The molecule has 0 aliphatic rings. The van der Waals surface area contributed by atoms with E-state index in [1.54, 1.807) is 0 Å². The predicted molar refractivity (Wildman–Crippen MR) is 92.3 cm³/mol. The zero-order valence-corrected chi connectivity index (χ0v) is 12.5. The van der Waals surface area contributed by atoms with Crippen LogP contribution in [0.15, 0.2) is 66.7 Å². The average Bonchev–Trinajstić information content (AvgIpc) is 2.93. The van der Waals surface area contributed by atoms with Gasteiger partial charge in [-0.05, 0) is 28.5 Å². The fourth-order valence-corrected chi connectivity index (χ4v) is 3.03. The Morgan fingerprint density at radius 3 is 2.59 bits per heavy atom. The Morgan fingerprint density at radius 2 is 1.68 bits per heavy atom. The van der Waals surface area contributed by atoms with E-state index in [2.05, 4.69) is 75.5 Å². The van der Waals surface area contributed by atoms with Crippen LogP contribution in [0.25, 0.3) is 21.8 Å². The molecule has 1 N–H and O–H groups in total. The lowest BCUT2D eigenvalue weighted by molar-refractivity contribution is 0.838. The third kappa shape index (κ3) is 2.02. The first-order valence-electron chi connectivity index (χ1n) is 7.46. The summed E-state index contributed by atoms with van der Waals surface area (Å²) in [6, 6.07) is 23.2. The molecule has 0 atom stereocenters. The van der Waals surface area contributed by atoms with E-state index < -0.39 is 0 Å². The van der Waals surface area contributed by atoms with Gasteiger partial charge in [0.15, 0.2) is 0 Å². The van der Waals surface area contributed by atoms with Gasteiger partial charge in [0.25, 0.3) is 0 Å². The Morgan fingerprint density at radius 1 is 0.909 bits per heavy atom. The molecule has 1 aromatic heterocycles. The minimum absolute atomic E-state index is 0.804. The van der Waals surface area contributed by atoms with E-state index in [4.69, 9.17) is 0 Å². The van der Waals surface area contributed by atoms with E-state index in [1.807, 2.05) is 13.1 Å². The van der Waals surface area contributed by atoms with Gasteiger partial charge < -0.3 is 9.88 Å². The van der Waals surface area contributed by atoms with Crippen molar-refractivity contribution in [3.8, 4) is 0 Å². The molecule has 0 aliphatic carbocycles. The number of rotatable bonds is 3. The highest BCUT2D eigenvalue weighted by Crippen LogP contribution is 2.24. The van der Waals surface area contributed by atoms with Gasteiger partial charge in [-0.25, -0.2) is 4.98 Å². The molecule has 0 saturated carbocycles. The Bertz CT molecular complexity index is 948. The fourth-order valence-electron chi connectivity index (χ4n) is 3.03. The van der Waals surface area contributed by atoms with Gasteiger partial charge in [0.2, 0.25) is 5.95 Å². The quantitative estimate of drug-likeness (QED) is 0.609. The third-order valence-corrected chi connectivity index (χ3v) is 4.09. The second kappa shape index (κ2) is 5.19. The van der Waals surface area contributed by atoms with Crippen molar-refractivity contribution in [1.82, 2.24) is 9.55 Å². The standard InChI is InChI=1S/C19H17N3/c1-20-19-21-17-11-4-5-12-18(17)22(19)13-15-9-6-8-14-7-2-3-10-16(14)15/h2-12H,13H2,1H3,(H,20,21). The monoisotopic (exact) mass is 287 g/mol. The highest BCUT2D eigenvalue weighted by Gasteiger charge is 2.10. The number of imidazole rings is 1. The molecule has 0 saturated heterocycles. The number of hydrogen-bond acceptors (Lipinski definition) is 2. The normalized spacial score (nSPS) is 11.1. The molecule has 108 valence electrons. The maximum atomic E-state index is 4.66. The minimum Gasteiger partial charge on any atom is -0.359 e. The minimum atomic E-state index is 0.804. The molecule has 3 nitrogen and oxygen atoms in total. The Hall–Kier alpha value is -2.81. The van der Waals surface area contributed by atoms with Crippen LogP contribution in [0.2, 0.25) is 0 Å². The van der Waals surface area contributed by atoms with Gasteiger partial charge in [0.05, 0.1) is 17.6 Å². The fraction of sp³-hybridized carbons (Fsp3) is 0.105. The molecule has 22 heavy (non-hydrogen) atoms. The molecule has 4 rings (SSSR count). The zero-order valence-electron chi connectivity index (χ0n) is 12.5. The van der Waals surface area contributed by atoms with E-state index in [1.165, 1.54) is 16.3 Å². The summed E-state index contributed by atoms with van der Waals surface area (Å²) in [7, 11) is 1.92. The van der Waals surface area contributed by atoms with Crippen LogP contribution in [0.1, 0.15) is 5.56 Å². The number of fused-ring (bicyclic) bond motifs is 2. The highest BCUT2D eigenvalue weighted by atomic mass is 15.2. The molecule has 0 bridgehead atoms. The van der Waals surface area contributed by atoms with Crippen molar-refractivity contribution in [3.63, 3.8) is 0 Å². The molecular weight excluding hydrogens is 270 g/mol. The van der Waals surface area contributed by atoms with Crippen LogP contribution < -0.4 is 5.32 Å². The number of benzene rings is 3. The van der Waals surface area contributed by atoms with Crippen LogP contribution in [-0.4, -0.2) is 16.6 Å². The number of nitrogens with zero attached hydrogens (tertiary/aromatic N) is 2. The van der Waals surface area contributed by atoms with Gasteiger partial charge in [-0.15, -0.1) is 0 Å². The molecule has 4 aromatic rings. The van der Waals surface area contributed by atoms with Crippen molar-refractivity contribution >= 4 is 27.8 Å². The molecule has 0 fully saturated rings. The SMILES string of the molecule is CNc1nc2ccccc2n1Cc1cccc2ccccc12. The molecule has 3 aromatic carbocycles. The molecule has 0 aliphatic heterocycles. The van der Waals surface area contributed by atoms with Crippen molar-refractivity contribution in [2.45, 2.75) is 6.54 Å². The molecule has 0 amide bonds. The lowest BCUT2D eigenvalue weighted by Crippen LogP contribution is -2.05. The van der Waals surface area contributed by atoms with Crippen molar-refractivity contribution in [1.29, 1.82) is 0 Å². The van der Waals surface area contributed by atoms with E-state index in [-0.39, 0.29) is 0 Å². The molecule has 0 spiro atoms. The van der Waals surface area contributed by atoms with Gasteiger partial charge in [-0.2, -0.15) is 0 Å². The van der Waals surface area contributed by atoms with Crippen LogP contribution in [0.4, 0.5) is 5.95 Å². The van der Waals surface area contributed by atoms with E-state index in [9.17, 15) is 0 Å². The van der Waals surface area contributed by atoms with Gasteiger partial charge in [0, 0.05) is 7.05 Å². The summed E-state index contributed by atoms with van der Waals surface area (Å²) in [6.45, 7) is 0.804. The van der Waals surface area contributed by atoms with Crippen LogP contribution in [0.3, 0.4) is 0 Å². The predicted octanol–water partition coefficient (Wildman–Crippen LogP) is 4.28. The molecule has 0 unspecified atom stereocenters. The number of para-hydroxylation sites is 2. The van der Waals surface area contributed by atoms with Crippen LogP contribution >= 0.6 is 0 Å². The highest BCUT2D eigenvalue weighted by molar-refractivity contribution is 5.86. The number of aromatic nitrogens is 2. The summed E-state index contributed by atoms with van der Waals surface area (Å²) >= 11 is 0. The number of hydrogen-bond donors (Lipinski definition) is 1. The summed E-state index contributed by atoms with van der Waals surface area (Å²) in [5.74, 6) is 0.897.